The van der Waals surface area contributed by atoms with E-state index in [4.69, 9.17) is 15.0 Å². The molecular weight excluding hydrogens is 760 g/mol. The van der Waals surface area contributed by atoms with Gasteiger partial charge in [0.05, 0.1) is 0 Å². The van der Waals surface area contributed by atoms with Gasteiger partial charge in [0.15, 0.2) is 17.5 Å². The molecule has 0 spiro atoms. The van der Waals surface area contributed by atoms with Gasteiger partial charge in [-0.25, -0.2) is 15.0 Å². The molecular formula is C56H49N4P. The standard InChI is InChI=1S/C52H37N4P.2C2H6/c1-6-20-38(21-7-1)49-53-50(39-22-8-2-9-23-39)55-51(54-49)52(40-34-36-43(37-35-40)56(41-24-10-3-11-25-41)42-26-12-4-13-27-42)45-30-16-18-32-47(45)57(44-28-14-5-15-29-44)48-33-19-17-31-46(48)52;2*1-2/h1-37H;2*1-2H3. The average molecular weight is 809 g/mol. The maximum Gasteiger partial charge on any atom is 0.163 e. The first-order valence-electron chi connectivity index (χ1n) is 21.2. The lowest BCUT2D eigenvalue weighted by atomic mass is 9.68. The quantitative estimate of drug-likeness (QED) is 0.143. The van der Waals surface area contributed by atoms with Gasteiger partial charge in [0.25, 0.3) is 0 Å². The van der Waals surface area contributed by atoms with Crippen LogP contribution in [0.2, 0.25) is 0 Å². The fourth-order valence-electron chi connectivity index (χ4n) is 8.22. The number of hydrogen-bond donors (Lipinski definition) is 0. The minimum Gasteiger partial charge on any atom is -0.311 e. The fourth-order valence-corrected chi connectivity index (χ4v) is 10.9. The van der Waals surface area contributed by atoms with E-state index < -0.39 is 13.3 Å². The van der Waals surface area contributed by atoms with Crippen LogP contribution in [0.25, 0.3) is 22.8 Å². The Morgan fingerprint density at radius 2 is 0.721 bits per heavy atom. The Morgan fingerprint density at radius 3 is 1.16 bits per heavy atom. The average Bonchev–Trinajstić information content (AvgIpc) is 3.36. The molecule has 0 bridgehead atoms. The minimum absolute atomic E-state index is 0.639. The largest absolute Gasteiger partial charge is 0.311 e. The van der Waals surface area contributed by atoms with Crippen molar-refractivity contribution in [1.82, 2.24) is 15.0 Å². The van der Waals surface area contributed by atoms with Gasteiger partial charge in [-0.3, -0.25) is 0 Å². The molecule has 0 N–H and O–H groups in total. The second-order valence-electron chi connectivity index (χ2n) is 14.0. The van der Waals surface area contributed by atoms with E-state index >= 15 is 0 Å². The zero-order chi connectivity index (χ0) is 42.0. The summed E-state index contributed by atoms with van der Waals surface area (Å²) in [4.78, 5) is 18.5. The lowest BCUT2D eigenvalue weighted by Gasteiger charge is -2.43. The molecule has 0 saturated heterocycles. The summed E-state index contributed by atoms with van der Waals surface area (Å²) in [6.45, 7) is 8.00. The predicted molar refractivity (Wildman–Crippen MR) is 259 cm³/mol. The van der Waals surface area contributed by atoms with Gasteiger partial charge in [-0.2, -0.15) is 0 Å². The highest BCUT2D eigenvalue weighted by atomic mass is 31.1. The van der Waals surface area contributed by atoms with E-state index in [1.165, 1.54) is 27.0 Å². The molecule has 0 radical (unpaired) electrons. The first-order valence-corrected chi connectivity index (χ1v) is 22.6. The smallest absolute Gasteiger partial charge is 0.163 e. The molecule has 4 nitrogen and oxygen atoms in total. The van der Waals surface area contributed by atoms with E-state index in [9.17, 15) is 0 Å². The zero-order valence-electron chi connectivity index (χ0n) is 35.1. The molecule has 0 unspecified atom stereocenters. The number of rotatable bonds is 8. The zero-order valence-corrected chi connectivity index (χ0v) is 36.0. The van der Waals surface area contributed by atoms with E-state index in [0.29, 0.717) is 17.5 Å². The topological polar surface area (TPSA) is 41.9 Å². The summed E-state index contributed by atoms with van der Waals surface area (Å²) >= 11 is 0. The van der Waals surface area contributed by atoms with Gasteiger partial charge in [-0.1, -0.05) is 216 Å². The Labute approximate surface area is 362 Å². The summed E-state index contributed by atoms with van der Waals surface area (Å²) in [7, 11) is -0.897. The third kappa shape index (κ3) is 7.79. The Hall–Kier alpha value is -7.00. The summed E-state index contributed by atoms with van der Waals surface area (Å²) in [6.07, 6.45) is 0. The van der Waals surface area contributed by atoms with Crippen LogP contribution in [-0.4, -0.2) is 15.0 Å². The van der Waals surface area contributed by atoms with Crippen LogP contribution < -0.4 is 20.8 Å². The molecule has 0 saturated carbocycles. The lowest BCUT2D eigenvalue weighted by molar-refractivity contribution is 0.681. The van der Waals surface area contributed by atoms with Crippen molar-refractivity contribution in [3.05, 3.63) is 247 Å². The maximum atomic E-state index is 5.52. The van der Waals surface area contributed by atoms with Crippen molar-refractivity contribution < 1.29 is 0 Å². The second kappa shape index (κ2) is 18.9. The van der Waals surface area contributed by atoms with Gasteiger partial charge in [0.1, 0.15) is 5.41 Å². The first-order chi connectivity index (χ1) is 30.3. The van der Waals surface area contributed by atoms with Crippen molar-refractivity contribution in [3.63, 3.8) is 0 Å². The van der Waals surface area contributed by atoms with Crippen LogP contribution in [0.5, 0.6) is 0 Å². The van der Waals surface area contributed by atoms with Gasteiger partial charge in [0.2, 0.25) is 0 Å². The van der Waals surface area contributed by atoms with Crippen LogP contribution in [-0.2, 0) is 5.41 Å². The molecule has 8 aromatic carbocycles. The second-order valence-corrected chi connectivity index (χ2v) is 16.2. The Morgan fingerprint density at radius 1 is 0.361 bits per heavy atom. The molecule has 0 amide bonds. The van der Waals surface area contributed by atoms with Crippen molar-refractivity contribution in [1.29, 1.82) is 0 Å². The lowest BCUT2D eigenvalue weighted by Crippen LogP contribution is -2.46. The highest BCUT2D eigenvalue weighted by Gasteiger charge is 2.49. The van der Waals surface area contributed by atoms with Gasteiger partial charge < -0.3 is 4.90 Å². The molecule has 0 atom stereocenters. The highest BCUT2D eigenvalue weighted by Crippen LogP contribution is 2.53. The molecule has 0 aliphatic carbocycles. The molecule has 0 fully saturated rings. The first kappa shape index (κ1) is 40.8. The predicted octanol–water partition coefficient (Wildman–Crippen LogP) is 13.2. The molecule has 1 aromatic heterocycles. The van der Waals surface area contributed by atoms with Crippen molar-refractivity contribution in [2.24, 2.45) is 0 Å². The van der Waals surface area contributed by atoms with Gasteiger partial charge in [0, 0.05) is 28.2 Å². The van der Waals surface area contributed by atoms with Crippen molar-refractivity contribution in [2.45, 2.75) is 33.1 Å². The molecule has 2 heterocycles. The number of anilines is 3. The number of hydrogen-bond acceptors (Lipinski definition) is 4. The molecule has 5 heteroatoms. The third-order valence-electron chi connectivity index (χ3n) is 10.7. The van der Waals surface area contributed by atoms with Crippen LogP contribution in [0.4, 0.5) is 17.1 Å². The highest BCUT2D eigenvalue weighted by molar-refractivity contribution is 7.80. The number of aromatic nitrogens is 3. The van der Waals surface area contributed by atoms with Crippen LogP contribution >= 0.6 is 7.92 Å². The van der Waals surface area contributed by atoms with Gasteiger partial charge >= 0.3 is 0 Å². The number of nitrogens with zero attached hydrogens (tertiary/aromatic N) is 4. The van der Waals surface area contributed by atoms with Crippen LogP contribution in [0.3, 0.4) is 0 Å². The van der Waals surface area contributed by atoms with Crippen molar-refractivity contribution in [3.8, 4) is 22.8 Å². The normalized spacial score (nSPS) is 14.8. The Bertz CT molecular complexity index is 2640. The van der Waals surface area contributed by atoms with E-state index in [1.54, 1.807) is 0 Å². The molecule has 1 aliphatic rings. The number of benzene rings is 8. The summed E-state index contributed by atoms with van der Waals surface area (Å²) in [5.41, 5.74) is 7.66. The summed E-state index contributed by atoms with van der Waals surface area (Å²) < 4.78 is 0. The molecule has 61 heavy (non-hydrogen) atoms. The molecule has 10 rings (SSSR count). The third-order valence-corrected chi connectivity index (χ3v) is 13.3. The van der Waals surface area contributed by atoms with Crippen LogP contribution in [0.15, 0.2) is 224 Å². The SMILES string of the molecule is CC.CC.c1ccc(-c2nc(-c3ccccc3)nc(C3(c4ccc(N(c5ccccc5)c5ccccc5)cc4)c4ccccc4P(c4ccccc4)c4ccccc43)n2)cc1. The van der Waals surface area contributed by atoms with Crippen LogP contribution in [0.1, 0.15) is 50.2 Å². The summed E-state index contributed by atoms with van der Waals surface area (Å²) in [6, 6.07) is 79.5. The summed E-state index contributed by atoms with van der Waals surface area (Å²) in [5, 5.41) is 3.89. The Kier molecular flexibility index (Phi) is 12.7. The minimum atomic E-state index is -0.897. The van der Waals surface area contributed by atoms with Crippen molar-refractivity contribution >= 4 is 40.9 Å². The van der Waals surface area contributed by atoms with Gasteiger partial charge in [-0.15, -0.1) is 0 Å². The van der Waals surface area contributed by atoms with E-state index in [2.05, 4.69) is 193 Å². The maximum absolute atomic E-state index is 5.52. The summed E-state index contributed by atoms with van der Waals surface area (Å²) in [5.74, 6) is 1.97. The van der Waals surface area contributed by atoms with E-state index in [0.717, 1.165) is 33.8 Å². The number of fused-ring (bicyclic) bond motifs is 2. The number of para-hydroxylation sites is 2. The van der Waals surface area contributed by atoms with Crippen LogP contribution in [0, 0.1) is 0 Å². The molecule has 298 valence electrons. The molecule has 9 aromatic rings. The monoisotopic (exact) mass is 808 g/mol. The Balaban J connectivity index is 0.00000125. The van der Waals surface area contributed by atoms with E-state index in [-0.39, 0.29) is 0 Å². The fraction of sp³-hybridized carbons (Fsp3) is 0.0893. The van der Waals surface area contributed by atoms with Crippen molar-refractivity contribution in [2.75, 3.05) is 4.90 Å². The molecule has 1 aliphatic heterocycles. The van der Waals surface area contributed by atoms with E-state index in [1.807, 2.05) is 64.1 Å². The van der Waals surface area contributed by atoms with Gasteiger partial charge in [-0.05, 0) is 76.9 Å².